The van der Waals surface area contributed by atoms with E-state index in [9.17, 15) is 13.2 Å². The van der Waals surface area contributed by atoms with Crippen LogP contribution in [0.25, 0.3) is 0 Å². The van der Waals surface area contributed by atoms with Gasteiger partial charge in [-0.3, -0.25) is 9.78 Å². The van der Waals surface area contributed by atoms with Gasteiger partial charge in [-0.2, -0.15) is 0 Å². The van der Waals surface area contributed by atoms with Gasteiger partial charge in [0.15, 0.2) is 0 Å². The Morgan fingerprint density at radius 3 is 2.36 bits per heavy atom. The summed E-state index contributed by atoms with van der Waals surface area (Å²) in [5.74, 6) is -0.148. The number of hydrogen-bond donors (Lipinski definition) is 0. The molecular formula is C21H27N3O3S. The smallest absolute Gasteiger partial charge is 0.226 e. The minimum Gasteiger partial charge on any atom is -0.333 e. The average molecular weight is 402 g/mol. The van der Waals surface area contributed by atoms with Crippen molar-refractivity contribution in [3.63, 3.8) is 0 Å². The van der Waals surface area contributed by atoms with Gasteiger partial charge in [0, 0.05) is 32.3 Å². The number of rotatable bonds is 5. The monoisotopic (exact) mass is 401 g/mol. The molecule has 2 aromatic rings. The lowest BCUT2D eigenvalue weighted by atomic mass is 9.93. The summed E-state index contributed by atoms with van der Waals surface area (Å²) in [6.07, 6.45) is 4.05. The highest BCUT2D eigenvalue weighted by atomic mass is 32.2. The average Bonchev–Trinajstić information content (AvgIpc) is 2.69. The standard InChI is InChI=1S/C21H27N3O3S/c1-16-8-7-13-22-19(16)20(17-9-5-4-6-10-17)23(2)21(25)18-11-14-24(15-12-18)28(3,26)27/h4-10,13,18,20H,11-12,14-15H2,1-3H3. The van der Waals surface area contributed by atoms with Gasteiger partial charge in [-0.05, 0) is 37.0 Å². The number of carbonyl (C=O) groups is 1. The predicted octanol–water partition coefficient (Wildman–Crippen LogP) is 2.61. The molecule has 0 spiro atoms. The van der Waals surface area contributed by atoms with Crippen LogP contribution in [-0.4, -0.2) is 54.9 Å². The van der Waals surface area contributed by atoms with Crippen molar-refractivity contribution >= 4 is 15.9 Å². The lowest BCUT2D eigenvalue weighted by molar-refractivity contribution is -0.137. The molecule has 7 heteroatoms. The highest BCUT2D eigenvalue weighted by molar-refractivity contribution is 7.88. The Hall–Kier alpha value is -2.25. The number of aryl methyl sites for hydroxylation is 1. The van der Waals surface area contributed by atoms with Gasteiger partial charge in [0.1, 0.15) is 0 Å². The first-order valence-electron chi connectivity index (χ1n) is 9.47. The lowest BCUT2D eigenvalue weighted by Gasteiger charge is -2.35. The molecule has 0 bridgehead atoms. The zero-order chi connectivity index (χ0) is 20.3. The molecule has 1 aromatic carbocycles. The number of benzene rings is 1. The Morgan fingerprint density at radius 1 is 1.14 bits per heavy atom. The van der Waals surface area contributed by atoms with E-state index in [-0.39, 0.29) is 17.9 Å². The van der Waals surface area contributed by atoms with Gasteiger partial charge in [0.05, 0.1) is 18.0 Å². The van der Waals surface area contributed by atoms with E-state index in [4.69, 9.17) is 0 Å². The second-order valence-corrected chi connectivity index (χ2v) is 9.39. The van der Waals surface area contributed by atoms with Crippen LogP contribution >= 0.6 is 0 Å². The highest BCUT2D eigenvalue weighted by Crippen LogP contribution is 2.31. The molecule has 3 rings (SSSR count). The molecule has 1 fully saturated rings. The van der Waals surface area contributed by atoms with E-state index in [1.165, 1.54) is 10.6 Å². The van der Waals surface area contributed by atoms with E-state index >= 15 is 0 Å². The minimum absolute atomic E-state index is 0.0343. The molecule has 0 saturated carbocycles. The maximum absolute atomic E-state index is 13.3. The molecule has 0 N–H and O–H groups in total. The minimum atomic E-state index is -3.20. The Morgan fingerprint density at radius 2 is 1.79 bits per heavy atom. The number of pyridine rings is 1. The van der Waals surface area contributed by atoms with Gasteiger partial charge in [0.2, 0.25) is 15.9 Å². The van der Waals surface area contributed by atoms with E-state index in [0.29, 0.717) is 25.9 Å². The maximum Gasteiger partial charge on any atom is 0.226 e. The third-order valence-corrected chi connectivity index (χ3v) is 6.73. The summed E-state index contributed by atoms with van der Waals surface area (Å²) >= 11 is 0. The molecule has 6 nitrogen and oxygen atoms in total. The summed E-state index contributed by atoms with van der Waals surface area (Å²) in [6, 6.07) is 13.5. The van der Waals surface area contributed by atoms with Crippen molar-refractivity contribution in [3.05, 3.63) is 65.5 Å². The molecule has 1 aliphatic rings. The van der Waals surface area contributed by atoms with Gasteiger partial charge in [0.25, 0.3) is 0 Å². The first-order valence-corrected chi connectivity index (χ1v) is 11.3. The molecule has 1 unspecified atom stereocenters. The molecule has 150 valence electrons. The molecule has 1 amide bonds. The molecule has 1 atom stereocenters. The first-order chi connectivity index (χ1) is 13.3. The fourth-order valence-corrected chi connectivity index (χ4v) is 4.71. The number of hydrogen-bond acceptors (Lipinski definition) is 4. The Bertz CT molecular complexity index is 923. The number of aromatic nitrogens is 1. The van der Waals surface area contributed by atoms with E-state index in [0.717, 1.165) is 16.8 Å². The van der Waals surface area contributed by atoms with Gasteiger partial charge < -0.3 is 4.90 Å². The number of amides is 1. The Balaban J connectivity index is 1.85. The zero-order valence-corrected chi connectivity index (χ0v) is 17.4. The van der Waals surface area contributed by atoms with E-state index < -0.39 is 10.0 Å². The van der Waals surface area contributed by atoms with Crippen LogP contribution in [0.15, 0.2) is 48.7 Å². The van der Waals surface area contributed by atoms with Crippen LogP contribution in [-0.2, 0) is 14.8 Å². The number of carbonyl (C=O) groups excluding carboxylic acids is 1. The summed E-state index contributed by atoms with van der Waals surface area (Å²) in [5, 5.41) is 0. The lowest BCUT2D eigenvalue weighted by Crippen LogP contribution is -2.44. The summed E-state index contributed by atoms with van der Waals surface area (Å²) < 4.78 is 24.9. The van der Waals surface area contributed by atoms with Crippen LogP contribution < -0.4 is 0 Å². The quantitative estimate of drug-likeness (QED) is 0.772. The molecule has 1 aromatic heterocycles. The maximum atomic E-state index is 13.3. The summed E-state index contributed by atoms with van der Waals surface area (Å²) in [6.45, 7) is 2.78. The predicted molar refractivity (Wildman–Crippen MR) is 109 cm³/mol. The Kier molecular flexibility index (Phi) is 6.15. The van der Waals surface area contributed by atoms with Crippen LogP contribution in [0.5, 0.6) is 0 Å². The fraction of sp³-hybridized carbons (Fsp3) is 0.429. The molecule has 0 aliphatic carbocycles. The van der Waals surface area contributed by atoms with Crippen molar-refractivity contribution in [1.29, 1.82) is 0 Å². The van der Waals surface area contributed by atoms with Crippen molar-refractivity contribution in [2.24, 2.45) is 5.92 Å². The van der Waals surface area contributed by atoms with Crippen molar-refractivity contribution in [3.8, 4) is 0 Å². The third kappa shape index (κ3) is 4.42. The summed E-state index contributed by atoms with van der Waals surface area (Å²) in [7, 11) is -1.39. The largest absolute Gasteiger partial charge is 0.333 e. The molecule has 1 saturated heterocycles. The molecule has 28 heavy (non-hydrogen) atoms. The van der Waals surface area contributed by atoms with Crippen LogP contribution in [0.4, 0.5) is 0 Å². The zero-order valence-electron chi connectivity index (χ0n) is 16.6. The van der Waals surface area contributed by atoms with Gasteiger partial charge >= 0.3 is 0 Å². The molecule has 2 heterocycles. The van der Waals surface area contributed by atoms with Gasteiger partial charge in [-0.25, -0.2) is 12.7 Å². The number of sulfonamides is 1. The molecule has 0 radical (unpaired) electrons. The SMILES string of the molecule is Cc1cccnc1C(c1ccccc1)N(C)C(=O)C1CCN(S(C)(=O)=O)CC1. The third-order valence-electron chi connectivity index (χ3n) is 5.43. The van der Waals surface area contributed by atoms with Crippen molar-refractivity contribution in [2.75, 3.05) is 26.4 Å². The van der Waals surface area contributed by atoms with Crippen molar-refractivity contribution in [1.82, 2.24) is 14.2 Å². The highest BCUT2D eigenvalue weighted by Gasteiger charge is 2.34. The second kappa shape index (κ2) is 8.41. The normalized spacial score (nSPS) is 17.2. The fourth-order valence-electron chi connectivity index (χ4n) is 3.83. The second-order valence-electron chi connectivity index (χ2n) is 7.40. The Labute approximate surface area is 167 Å². The van der Waals surface area contributed by atoms with E-state index in [1.54, 1.807) is 11.1 Å². The summed E-state index contributed by atoms with van der Waals surface area (Å²) in [5.41, 5.74) is 2.90. The van der Waals surface area contributed by atoms with Crippen LogP contribution in [0.1, 0.15) is 35.7 Å². The number of nitrogens with zero attached hydrogens (tertiary/aromatic N) is 3. The first kappa shape index (κ1) is 20.5. The van der Waals surface area contributed by atoms with Crippen LogP contribution in [0.2, 0.25) is 0 Å². The molecule has 1 aliphatic heterocycles. The number of piperidine rings is 1. The summed E-state index contributed by atoms with van der Waals surface area (Å²) in [4.78, 5) is 19.6. The van der Waals surface area contributed by atoms with Crippen LogP contribution in [0, 0.1) is 12.8 Å². The van der Waals surface area contributed by atoms with Crippen molar-refractivity contribution in [2.45, 2.75) is 25.8 Å². The van der Waals surface area contributed by atoms with Crippen LogP contribution in [0.3, 0.4) is 0 Å². The van der Waals surface area contributed by atoms with Crippen molar-refractivity contribution < 1.29 is 13.2 Å². The van der Waals surface area contributed by atoms with Gasteiger partial charge in [-0.1, -0.05) is 36.4 Å². The topological polar surface area (TPSA) is 70.6 Å². The van der Waals surface area contributed by atoms with E-state index in [1.807, 2.05) is 56.4 Å². The van der Waals surface area contributed by atoms with E-state index in [2.05, 4.69) is 4.98 Å². The molecular weight excluding hydrogens is 374 g/mol. The van der Waals surface area contributed by atoms with Gasteiger partial charge in [-0.15, -0.1) is 0 Å².